The lowest BCUT2D eigenvalue weighted by Crippen LogP contribution is -2.63. The van der Waals surface area contributed by atoms with Crippen molar-refractivity contribution in [1.82, 2.24) is 5.32 Å². The number of amides is 1. The van der Waals surface area contributed by atoms with Gasteiger partial charge in [-0.15, -0.1) is 0 Å². The Kier molecular flexibility index (Phi) is 9.07. The van der Waals surface area contributed by atoms with E-state index in [0.29, 0.717) is 28.4 Å². The second-order valence-corrected chi connectivity index (χ2v) is 10.3. The van der Waals surface area contributed by atoms with Crippen LogP contribution >= 0.6 is 11.6 Å². The Balaban J connectivity index is 1.55. The summed E-state index contributed by atoms with van der Waals surface area (Å²) in [6, 6.07) is 22.5. The van der Waals surface area contributed by atoms with Gasteiger partial charge in [0.1, 0.15) is 24.1 Å². The fourth-order valence-corrected chi connectivity index (χ4v) is 4.96. The second-order valence-electron chi connectivity index (χ2n) is 9.91. The molecule has 4 rings (SSSR count). The zero-order valence-corrected chi connectivity index (χ0v) is 22.5. The summed E-state index contributed by atoms with van der Waals surface area (Å²) in [5.74, 6) is 0.0524. The number of benzene rings is 3. The van der Waals surface area contributed by atoms with Gasteiger partial charge in [0.05, 0.1) is 11.2 Å². The molecule has 3 N–H and O–H groups in total. The Morgan fingerprint density at radius 2 is 1.79 bits per heavy atom. The third kappa shape index (κ3) is 6.54. The van der Waals surface area contributed by atoms with Crippen LogP contribution in [-0.2, 0) is 15.9 Å². The topological polar surface area (TPSA) is 97.3 Å². The van der Waals surface area contributed by atoms with Gasteiger partial charge in [0.15, 0.2) is 0 Å². The monoisotopic (exact) mass is 539 g/mol. The number of aliphatic hydroxyl groups excluding tert-OH is 2. The Morgan fingerprint density at radius 1 is 1.03 bits per heavy atom. The van der Waals surface area contributed by atoms with Crippen molar-refractivity contribution in [2.75, 3.05) is 13.7 Å². The lowest BCUT2D eigenvalue weighted by atomic mass is 9.89. The number of carbonyl (C=O) groups excluding carboxylic acids is 1. The fourth-order valence-electron chi connectivity index (χ4n) is 4.77. The van der Waals surface area contributed by atoms with E-state index < -0.39 is 30.2 Å². The third-order valence-electron chi connectivity index (χ3n) is 6.69. The number of hydrogen-bond acceptors (Lipinski definition) is 6. The Bertz CT molecular complexity index is 1230. The van der Waals surface area contributed by atoms with Gasteiger partial charge in [0.2, 0.25) is 6.29 Å². The molecule has 8 heteroatoms. The average molecular weight is 540 g/mol. The van der Waals surface area contributed by atoms with E-state index in [-0.39, 0.29) is 5.91 Å². The van der Waals surface area contributed by atoms with Crippen LogP contribution in [-0.4, -0.2) is 60.0 Å². The molecule has 0 radical (unpaired) electrons. The fraction of sp³-hybridized carbons (Fsp3) is 0.367. The molecule has 1 aliphatic heterocycles. The van der Waals surface area contributed by atoms with Gasteiger partial charge in [-0.3, -0.25) is 4.79 Å². The van der Waals surface area contributed by atoms with Crippen molar-refractivity contribution in [3.05, 3.63) is 88.9 Å². The highest BCUT2D eigenvalue weighted by Crippen LogP contribution is 2.34. The lowest BCUT2D eigenvalue weighted by molar-refractivity contribution is -0.305. The van der Waals surface area contributed by atoms with Crippen LogP contribution in [0.15, 0.2) is 72.8 Å². The molecule has 0 saturated carbocycles. The van der Waals surface area contributed by atoms with Gasteiger partial charge in [-0.1, -0.05) is 54.1 Å². The van der Waals surface area contributed by atoms with E-state index in [0.717, 1.165) is 18.4 Å². The maximum Gasteiger partial charge on any atom is 0.252 e. The van der Waals surface area contributed by atoms with Crippen molar-refractivity contribution >= 4 is 17.5 Å². The number of ether oxygens (including phenoxy) is 3. The van der Waals surface area contributed by atoms with Crippen LogP contribution in [0, 0.1) is 0 Å². The predicted molar refractivity (Wildman–Crippen MR) is 146 cm³/mol. The summed E-state index contributed by atoms with van der Waals surface area (Å²) < 4.78 is 17.2. The standard InChI is InChI=1S/C30H34ClNO6/c1-30(2)27(36-3)25(33)26(34)29(38-30)37-22-14-15-23(20-12-7-13-21(31)17-20)24(18-22)28(35)32-16-8-11-19-9-5-4-6-10-19/h4-7,9-10,12-15,17-18,25-27,29,33-34H,8,11,16H2,1-3H3,(H,32,35)/t25-,26+,27+,29-/m0/s1. The summed E-state index contributed by atoms with van der Waals surface area (Å²) in [6.45, 7) is 4.00. The van der Waals surface area contributed by atoms with Crippen LogP contribution in [0.5, 0.6) is 5.75 Å². The van der Waals surface area contributed by atoms with Gasteiger partial charge in [0.25, 0.3) is 5.91 Å². The largest absolute Gasteiger partial charge is 0.462 e. The molecule has 3 aromatic rings. The van der Waals surface area contributed by atoms with Crippen molar-refractivity contribution in [3.63, 3.8) is 0 Å². The molecule has 1 aliphatic rings. The highest BCUT2D eigenvalue weighted by atomic mass is 35.5. The van der Waals surface area contributed by atoms with Crippen LogP contribution in [0.2, 0.25) is 5.02 Å². The van der Waals surface area contributed by atoms with Gasteiger partial charge in [-0.05, 0) is 73.7 Å². The summed E-state index contributed by atoms with van der Waals surface area (Å²) in [5.41, 5.74) is 2.16. The molecule has 1 heterocycles. The predicted octanol–water partition coefficient (Wildman–Crippen LogP) is 4.62. The van der Waals surface area contributed by atoms with E-state index in [4.69, 9.17) is 25.8 Å². The second kappa shape index (κ2) is 12.3. The Hall–Kier alpha value is -2.94. The SMILES string of the molecule is CO[C@@H]1[C@@H](O)[C@@H](O)[C@@H](Oc2ccc(-c3cccc(Cl)c3)c(C(=O)NCCCc3ccccc3)c2)OC1(C)C. The first-order chi connectivity index (χ1) is 18.2. The van der Waals surface area contributed by atoms with Crippen molar-refractivity contribution in [1.29, 1.82) is 0 Å². The molecule has 1 saturated heterocycles. The molecule has 4 atom stereocenters. The molecule has 38 heavy (non-hydrogen) atoms. The molecule has 3 aromatic carbocycles. The number of nitrogens with one attached hydrogen (secondary N) is 1. The molecule has 1 amide bonds. The average Bonchev–Trinajstić information content (AvgIpc) is 2.90. The number of hydrogen-bond donors (Lipinski definition) is 3. The van der Waals surface area contributed by atoms with Gasteiger partial charge >= 0.3 is 0 Å². The van der Waals surface area contributed by atoms with Gasteiger partial charge < -0.3 is 29.7 Å². The number of aryl methyl sites for hydroxylation is 1. The van der Waals surface area contributed by atoms with Gasteiger partial charge in [-0.25, -0.2) is 0 Å². The van der Waals surface area contributed by atoms with E-state index in [1.807, 2.05) is 30.3 Å². The normalized spacial score (nSPS) is 22.6. The van der Waals surface area contributed by atoms with Crippen molar-refractivity contribution in [2.45, 2.75) is 56.9 Å². The maximum absolute atomic E-state index is 13.3. The molecular formula is C30H34ClNO6. The Morgan fingerprint density at radius 3 is 2.50 bits per heavy atom. The van der Waals surface area contributed by atoms with Crippen molar-refractivity contribution in [3.8, 4) is 16.9 Å². The third-order valence-corrected chi connectivity index (χ3v) is 6.93. The summed E-state index contributed by atoms with van der Waals surface area (Å²) in [7, 11) is 1.45. The van der Waals surface area contributed by atoms with Crippen LogP contribution in [0.1, 0.15) is 36.2 Å². The number of aliphatic hydroxyl groups is 2. The summed E-state index contributed by atoms with van der Waals surface area (Å²) >= 11 is 6.22. The summed E-state index contributed by atoms with van der Waals surface area (Å²) in [5, 5.41) is 24.8. The maximum atomic E-state index is 13.3. The first-order valence-corrected chi connectivity index (χ1v) is 13.0. The highest BCUT2D eigenvalue weighted by Gasteiger charge is 2.50. The first kappa shape index (κ1) is 28.1. The number of carbonyl (C=O) groups is 1. The molecular weight excluding hydrogens is 506 g/mol. The first-order valence-electron chi connectivity index (χ1n) is 12.6. The molecule has 1 fully saturated rings. The van der Waals surface area contributed by atoms with E-state index in [2.05, 4.69) is 17.4 Å². The van der Waals surface area contributed by atoms with Crippen LogP contribution in [0.3, 0.4) is 0 Å². The number of rotatable bonds is 9. The zero-order chi connectivity index (χ0) is 27.3. The molecule has 202 valence electrons. The van der Waals surface area contributed by atoms with Crippen LogP contribution in [0.4, 0.5) is 0 Å². The molecule has 0 bridgehead atoms. The van der Waals surface area contributed by atoms with Crippen LogP contribution in [0.25, 0.3) is 11.1 Å². The smallest absolute Gasteiger partial charge is 0.252 e. The lowest BCUT2D eigenvalue weighted by Gasteiger charge is -2.46. The van der Waals surface area contributed by atoms with Gasteiger partial charge in [-0.2, -0.15) is 0 Å². The minimum atomic E-state index is -1.35. The Labute approximate surface area is 228 Å². The summed E-state index contributed by atoms with van der Waals surface area (Å²) in [4.78, 5) is 13.3. The zero-order valence-electron chi connectivity index (χ0n) is 21.8. The quantitative estimate of drug-likeness (QED) is 0.343. The van der Waals surface area contributed by atoms with E-state index in [9.17, 15) is 15.0 Å². The number of halogens is 1. The molecule has 0 unspecified atom stereocenters. The van der Waals surface area contributed by atoms with Crippen LogP contribution < -0.4 is 10.1 Å². The minimum absolute atomic E-state index is 0.261. The van der Waals surface area contributed by atoms with E-state index in [1.54, 1.807) is 44.2 Å². The molecule has 0 spiro atoms. The van der Waals surface area contributed by atoms with E-state index >= 15 is 0 Å². The number of methoxy groups -OCH3 is 1. The highest BCUT2D eigenvalue weighted by molar-refractivity contribution is 6.30. The summed E-state index contributed by atoms with van der Waals surface area (Å²) in [6.07, 6.45) is -2.83. The molecule has 7 nitrogen and oxygen atoms in total. The van der Waals surface area contributed by atoms with Crippen molar-refractivity contribution < 1.29 is 29.2 Å². The van der Waals surface area contributed by atoms with Gasteiger partial charge in [0, 0.05) is 18.7 Å². The van der Waals surface area contributed by atoms with Crippen molar-refractivity contribution in [2.24, 2.45) is 0 Å². The molecule has 0 aliphatic carbocycles. The van der Waals surface area contributed by atoms with E-state index in [1.165, 1.54) is 12.7 Å². The molecule has 0 aromatic heterocycles. The minimum Gasteiger partial charge on any atom is -0.462 e.